The SMILES string of the molecule is COC(=O)c1cc(OC(C)C)cc2ccccc12. The topological polar surface area (TPSA) is 35.5 Å². The molecule has 0 spiro atoms. The summed E-state index contributed by atoms with van der Waals surface area (Å²) >= 11 is 0. The van der Waals surface area contributed by atoms with Crippen molar-refractivity contribution in [2.75, 3.05) is 7.11 Å². The maximum atomic E-state index is 11.8. The monoisotopic (exact) mass is 244 g/mol. The van der Waals surface area contributed by atoms with Gasteiger partial charge < -0.3 is 9.47 Å². The van der Waals surface area contributed by atoms with Crippen molar-refractivity contribution < 1.29 is 14.3 Å². The highest BCUT2D eigenvalue weighted by atomic mass is 16.5. The Kier molecular flexibility index (Phi) is 3.51. The quantitative estimate of drug-likeness (QED) is 0.776. The van der Waals surface area contributed by atoms with E-state index in [0.717, 1.165) is 10.8 Å². The Hall–Kier alpha value is -2.03. The molecule has 0 heterocycles. The zero-order valence-corrected chi connectivity index (χ0v) is 10.8. The molecule has 3 nitrogen and oxygen atoms in total. The van der Waals surface area contributed by atoms with E-state index in [0.29, 0.717) is 11.3 Å². The van der Waals surface area contributed by atoms with Gasteiger partial charge in [0.05, 0.1) is 18.8 Å². The van der Waals surface area contributed by atoms with Gasteiger partial charge in [-0.3, -0.25) is 0 Å². The van der Waals surface area contributed by atoms with Gasteiger partial charge in [-0.15, -0.1) is 0 Å². The van der Waals surface area contributed by atoms with Crippen molar-refractivity contribution in [2.45, 2.75) is 20.0 Å². The number of hydrogen-bond donors (Lipinski definition) is 0. The predicted molar refractivity (Wildman–Crippen MR) is 71.1 cm³/mol. The molecule has 18 heavy (non-hydrogen) atoms. The standard InChI is InChI=1S/C15H16O3/c1-10(2)18-12-8-11-6-4-5-7-13(11)14(9-12)15(16)17-3/h4-10H,1-3H3. The van der Waals surface area contributed by atoms with Crippen LogP contribution in [-0.4, -0.2) is 19.2 Å². The molecule has 0 aliphatic rings. The average molecular weight is 244 g/mol. The van der Waals surface area contributed by atoms with Crippen LogP contribution in [0.4, 0.5) is 0 Å². The fourth-order valence-corrected chi connectivity index (χ4v) is 1.90. The van der Waals surface area contributed by atoms with E-state index in [1.807, 2.05) is 44.2 Å². The molecule has 2 rings (SSSR count). The lowest BCUT2D eigenvalue weighted by atomic mass is 10.0. The van der Waals surface area contributed by atoms with Crippen LogP contribution < -0.4 is 4.74 Å². The lowest BCUT2D eigenvalue weighted by Crippen LogP contribution is -2.08. The molecule has 94 valence electrons. The van der Waals surface area contributed by atoms with Crippen LogP contribution >= 0.6 is 0 Å². The van der Waals surface area contributed by atoms with Gasteiger partial charge in [-0.1, -0.05) is 24.3 Å². The van der Waals surface area contributed by atoms with Gasteiger partial charge >= 0.3 is 5.97 Å². The Morgan fingerprint density at radius 2 is 1.89 bits per heavy atom. The zero-order valence-electron chi connectivity index (χ0n) is 10.8. The van der Waals surface area contributed by atoms with Crippen molar-refractivity contribution in [2.24, 2.45) is 0 Å². The van der Waals surface area contributed by atoms with Crippen molar-refractivity contribution in [3.05, 3.63) is 42.0 Å². The van der Waals surface area contributed by atoms with E-state index in [-0.39, 0.29) is 12.1 Å². The second-order valence-electron chi connectivity index (χ2n) is 4.35. The van der Waals surface area contributed by atoms with Crippen LogP contribution in [0.15, 0.2) is 36.4 Å². The van der Waals surface area contributed by atoms with Crippen molar-refractivity contribution in [1.82, 2.24) is 0 Å². The molecule has 0 amide bonds. The molecule has 0 fully saturated rings. The summed E-state index contributed by atoms with van der Waals surface area (Å²) in [4.78, 5) is 11.8. The molecular weight excluding hydrogens is 228 g/mol. The highest BCUT2D eigenvalue weighted by Crippen LogP contribution is 2.26. The number of carbonyl (C=O) groups is 1. The van der Waals surface area contributed by atoms with E-state index in [9.17, 15) is 4.79 Å². The molecule has 2 aromatic rings. The molecule has 0 aliphatic heterocycles. The van der Waals surface area contributed by atoms with Crippen LogP contribution in [0.25, 0.3) is 10.8 Å². The van der Waals surface area contributed by atoms with Gasteiger partial charge in [-0.05, 0) is 36.8 Å². The van der Waals surface area contributed by atoms with Crippen LogP contribution in [0.2, 0.25) is 0 Å². The van der Waals surface area contributed by atoms with E-state index in [1.54, 1.807) is 6.07 Å². The second-order valence-corrected chi connectivity index (χ2v) is 4.35. The number of benzene rings is 2. The summed E-state index contributed by atoms with van der Waals surface area (Å²) in [6.07, 6.45) is 0.0664. The Labute approximate surface area is 106 Å². The van der Waals surface area contributed by atoms with Gasteiger partial charge in [0.1, 0.15) is 5.75 Å². The molecule has 0 saturated carbocycles. The summed E-state index contributed by atoms with van der Waals surface area (Å²) < 4.78 is 10.5. The minimum Gasteiger partial charge on any atom is -0.491 e. The average Bonchev–Trinajstić information content (AvgIpc) is 2.36. The number of hydrogen-bond acceptors (Lipinski definition) is 3. The van der Waals surface area contributed by atoms with Crippen LogP contribution in [0.5, 0.6) is 5.75 Å². The summed E-state index contributed by atoms with van der Waals surface area (Å²) in [6.45, 7) is 3.90. The highest BCUT2D eigenvalue weighted by molar-refractivity contribution is 6.05. The summed E-state index contributed by atoms with van der Waals surface area (Å²) in [7, 11) is 1.38. The predicted octanol–water partition coefficient (Wildman–Crippen LogP) is 3.41. The first-order chi connectivity index (χ1) is 8.61. The van der Waals surface area contributed by atoms with Crippen LogP contribution in [-0.2, 0) is 4.74 Å². The third-order valence-corrected chi connectivity index (χ3v) is 2.61. The van der Waals surface area contributed by atoms with Gasteiger partial charge in [-0.25, -0.2) is 4.79 Å². The first kappa shape index (κ1) is 12.4. The summed E-state index contributed by atoms with van der Waals surface area (Å²) in [6, 6.07) is 11.4. The summed E-state index contributed by atoms with van der Waals surface area (Å²) in [5, 5.41) is 1.84. The molecule has 0 unspecified atom stereocenters. The van der Waals surface area contributed by atoms with E-state index in [4.69, 9.17) is 9.47 Å². The zero-order chi connectivity index (χ0) is 13.1. The van der Waals surface area contributed by atoms with E-state index < -0.39 is 0 Å². The molecule has 0 radical (unpaired) electrons. The third kappa shape index (κ3) is 2.45. The van der Waals surface area contributed by atoms with Crippen molar-refractivity contribution in [1.29, 1.82) is 0 Å². The van der Waals surface area contributed by atoms with Gasteiger partial charge in [-0.2, -0.15) is 0 Å². The number of esters is 1. The van der Waals surface area contributed by atoms with E-state index in [1.165, 1.54) is 7.11 Å². The van der Waals surface area contributed by atoms with Gasteiger partial charge in [0, 0.05) is 0 Å². The molecule has 2 aromatic carbocycles. The molecular formula is C15H16O3. The lowest BCUT2D eigenvalue weighted by Gasteiger charge is -2.12. The molecule has 3 heteroatoms. The van der Waals surface area contributed by atoms with Crippen LogP contribution in [0.3, 0.4) is 0 Å². The maximum absolute atomic E-state index is 11.8. The van der Waals surface area contributed by atoms with Crippen molar-refractivity contribution in [3.63, 3.8) is 0 Å². The van der Waals surface area contributed by atoms with E-state index >= 15 is 0 Å². The Bertz CT molecular complexity index is 573. The Balaban J connectivity index is 2.60. The van der Waals surface area contributed by atoms with Crippen LogP contribution in [0.1, 0.15) is 24.2 Å². The molecule has 0 aromatic heterocycles. The van der Waals surface area contributed by atoms with E-state index in [2.05, 4.69) is 0 Å². The number of fused-ring (bicyclic) bond motifs is 1. The third-order valence-electron chi connectivity index (χ3n) is 2.61. The molecule has 0 saturated heterocycles. The van der Waals surface area contributed by atoms with Crippen molar-refractivity contribution in [3.8, 4) is 5.75 Å². The summed E-state index contributed by atoms with van der Waals surface area (Å²) in [5.74, 6) is 0.338. The smallest absolute Gasteiger partial charge is 0.338 e. The normalized spacial score (nSPS) is 10.7. The fraction of sp³-hybridized carbons (Fsp3) is 0.267. The number of ether oxygens (including phenoxy) is 2. The second kappa shape index (κ2) is 5.08. The number of methoxy groups -OCH3 is 1. The number of rotatable bonds is 3. The van der Waals surface area contributed by atoms with Crippen molar-refractivity contribution >= 4 is 16.7 Å². The summed E-state index contributed by atoms with van der Waals surface area (Å²) in [5.41, 5.74) is 0.534. The molecule has 0 atom stereocenters. The Morgan fingerprint density at radius 3 is 2.56 bits per heavy atom. The molecule has 0 bridgehead atoms. The lowest BCUT2D eigenvalue weighted by molar-refractivity contribution is 0.0602. The fourth-order valence-electron chi connectivity index (χ4n) is 1.90. The minimum absolute atomic E-state index is 0.0664. The first-order valence-corrected chi connectivity index (χ1v) is 5.89. The van der Waals surface area contributed by atoms with Gasteiger partial charge in [0.2, 0.25) is 0 Å². The van der Waals surface area contributed by atoms with Gasteiger partial charge in [0.15, 0.2) is 0 Å². The maximum Gasteiger partial charge on any atom is 0.338 e. The molecule has 0 aliphatic carbocycles. The highest BCUT2D eigenvalue weighted by Gasteiger charge is 2.13. The largest absolute Gasteiger partial charge is 0.491 e. The van der Waals surface area contributed by atoms with Crippen LogP contribution in [0, 0.1) is 0 Å². The van der Waals surface area contributed by atoms with Gasteiger partial charge in [0.25, 0.3) is 0 Å². The minimum atomic E-state index is -0.347. The first-order valence-electron chi connectivity index (χ1n) is 5.89. The Morgan fingerprint density at radius 1 is 1.17 bits per heavy atom. The molecule has 0 N–H and O–H groups in total. The number of carbonyl (C=O) groups excluding carboxylic acids is 1.